The summed E-state index contributed by atoms with van der Waals surface area (Å²) >= 11 is 0. The maximum absolute atomic E-state index is 12.5. The fraction of sp³-hybridized carbons (Fsp3) is 0.667. The molecule has 0 aliphatic heterocycles. The molecule has 5 aliphatic carbocycles. The minimum absolute atomic E-state index is 0.0674. The third-order valence-corrected chi connectivity index (χ3v) is 7.72. The molecule has 144 valence electrons. The highest BCUT2D eigenvalue weighted by molar-refractivity contribution is 5.98. The van der Waals surface area contributed by atoms with Crippen molar-refractivity contribution in [3.8, 4) is 0 Å². The normalized spacial score (nSPS) is 33.6. The molecule has 0 atom stereocenters. The molecule has 3 heteroatoms. The first kappa shape index (κ1) is 17.5. The highest BCUT2D eigenvalue weighted by Crippen LogP contribution is 2.61. The summed E-state index contributed by atoms with van der Waals surface area (Å²) in [6, 6.07) is 6.00. The van der Waals surface area contributed by atoms with Crippen LogP contribution in [-0.4, -0.2) is 18.4 Å². The maximum atomic E-state index is 12.5. The Hall–Kier alpha value is -1.64. The zero-order valence-electron chi connectivity index (χ0n) is 16.2. The molecule has 0 unspecified atom stereocenters. The van der Waals surface area contributed by atoms with Crippen molar-refractivity contribution in [2.45, 2.75) is 70.6 Å². The van der Waals surface area contributed by atoms with Crippen molar-refractivity contribution in [1.82, 2.24) is 0 Å². The molecule has 1 aromatic rings. The lowest BCUT2D eigenvalue weighted by atomic mass is 9.49. The van der Waals surface area contributed by atoms with Gasteiger partial charge in [0, 0.05) is 5.56 Å². The van der Waals surface area contributed by atoms with Crippen LogP contribution in [-0.2, 0) is 22.4 Å². The number of ether oxygens (including phenoxy) is 1. The van der Waals surface area contributed by atoms with Crippen LogP contribution in [0.15, 0.2) is 18.2 Å². The van der Waals surface area contributed by atoms with E-state index in [9.17, 15) is 9.59 Å². The van der Waals surface area contributed by atoms with Crippen LogP contribution in [0.25, 0.3) is 0 Å². The van der Waals surface area contributed by atoms with E-state index in [0.717, 1.165) is 30.6 Å². The van der Waals surface area contributed by atoms with Gasteiger partial charge in [-0.2, -0.15) is 0 Å². The number of rotatable bonds is 5. The van der Waals surface area contributed by atoms with Crippen molar-refractivity contribution < 1.29 is 14.3 Å². The summed E-state index contributed by atoms with van der Waals surface area (Å²) in [5.41, 5.74) is 3.54. The van der Waals surface area contributed by atoms with E-state index < -0.39 is 0 Å². The van der Waals surface area contributed by atoms with Crippen molar-refractivity contribution >= 4 is 11.8 Å². The lowest BCUT2D eigenvalue weighted by Gasteiger charge is -2.56. The molecule has 27 heavy (non-hydrogen) atoms. The molecule has 0 aromatic heterocycles. The molecule has 3 nitrogen and oxygen atoms in total. The smallest absolute Gasteiger partial charge is 0.306 e. The van der Waals surface area contributed by atoms with E-state index in [1.54, 1.807) is 0 Å². The van der Waals surface area contributed by atoms with Crippen LogP contribution in [0.2, 0.25) is 0 Å². The molecular formula is C24H30O3. The van der Waals surface area contributed by atoms with Gasteiger partial charge in [0.25, 0.3) is 0 Å². The number of hydrogen-bond acceptors (Lipinski definition) is 3. The minimum Gasteiger partial charge on any atom is -0.457 e. The van der Waals surface area contributed by atoms with E-state index in [4.69, 9.17) is 4.74 Å². The Morgan fingerprint density at radius 1 is 0.926 bits per heavy atom. The number of hydrogen-bond donors (Lipinski definition) is 0. The third kappa shape index (κ3) is 3.46. The van der Waals surface area contributed by atoms with Gasteiger partial charge in [0.05, 0.1) is 6.42 Å². The lowest BCUT2D eigenvalue weighted by Crippen LogP contribution is -2.47. The van der Waals surface area contributed by atoms with Gasteiger partial charge in [-0.1, -0.05) is 12.1 Å². The van der Waals surface area contributed by atoms with Crippen LogP contribution in [0.5, 0.6) is 0 Å². The molecule has 4 saturated carbocycles. The number of carbonyl (C=O) groups is 2. The van der Waals surface area contributed by atoms with Gasteiger partial charge in [0.2, 0.25) is 0 Å². The topological polar surface area (TPSA) is 43.4 Å². The first-order valence-corrected chi connectivity index (χ1v) is 10.9. The van der Waals surface area contributed by atoms with Crippen molar-refractivity contribution in [2.24, 2.45) is 23.2 Å². The molecular weight excluding hydrogens is 336 g/mol. The summed E-state index contributed by atoms with van der Waals surface area (Å²) < 4.78 is 5.45. The molecule has 0 saturated heterocycles. The van der Waals surface area contributed by atoms with E-state index in [1.807, 2.05) is 12.1 Å². The fourth-order valence-corrected chi connectivity index (χ4v) is 7.00. The second-order valence-electron chi connectivity index (χ2n) is 9.87. The van der Waals surface area contributed by atoms with Crippen LogP contribution in [0, 0.1) is 23.2 Å². The Labute approximate surface area is 161 Å². The number of esters is 1. The second-order valence-corrected chi connectivity index (χ2v) is 9.87. The summed E-state index contributed by atoms with van der Waals surface area (Å²) in [6.45, 7) is -0.107. The summed E-state index contributed by atoms with van der Waals surface area (Å²) in [6.07, 6.45) is 12.9. The highest BCUT2D eigenvalue weighted by Gasteiger charge is 2.51. The van der Waals surface area contributed by atoms with E-state index in [0.29, 0.717) is 12.0 Å². The van der Waals surface area contributed by atoms with E-state index >= 15 is 0 Å². The Morgan fingerprint density at radius 3 is 2.22 bits per heavy atom. The molecule has 1 aromatic carbocycles. The Kier molecular flexibility index (Phi) is 4.37. The number of aryl methyl sites for hydroxylation is 2. The van der Waals surface area contributed by atoms with Crippen molar-refractivity contribution in [3.05, 3.63) is 34.9 Å². The molecule has 5 aliphatic rings. The van der Waals surface area contributed by atoms with Crippen molar-refractivity contribution in [2.75, 3.05) is 6.61 Å². The third-order valence-electron chi connectivity index (χ3n) is 7.72. The van der Waals surface area contributed by atoms with Gasteiger partial charge < -0.3 is 4.74 Å². The number of carbonyl (C=O) groups excluding carboxylic acids is 2. The van der Waals surface area contributed by atoms with Gasteiger partial charge in [0.1, 0.15) is 0 Å². The molecule has 4 bridgehead atoms. The Balaban J connectivity index is 1.18. The standard InChI is InChI=1S/C24H30O3/c25-22(21-6-5-19-3-1-2-4-20(19)10-21)15-27-23(26)14-24-11-16-7-17(12-24)9-18(8-16)13-24/h5-6,10,16-18H,1-4,7-9,11-15H2. The molecule has 0 amide bonds. The summed E-state index contributed by atoms with van der Waals surface area (Å²) in [7, 11) is 0. The lowest BCUT2D eigenvalue weighted by molar-refractivity contribution is -0.150. The van der Waals surface area contributed by atoms with Gasteiger partial charge in [0.15, 0.2) is 12.4 Å². The van der Waals surface area contributed by atoms with Gasteiger partial charge >= 0.3 is 5.97 Å². The average molecular weight is 367 g/mol. The summed E-state index contributed by atoms with van der Waals surface area (Å²) in [4.78, 5) is 25.0. The zero-order chi connectivity index (χ0) is 18.4. The predicted molar refractivity (Wildman–Crippen MR) is 104 cm³/mol. The molecule has 0 radical (unpaired) electrons. The number of fused-ring (bicyclic) bond motifs is 1. The van der Waals surface area contributed by atoms with Gasteiger partial charge in [-0.15, -0.1) is 0 Å². The number of ketones is 1. The monoisotopic (exact) mass is 366 g/mol. The van der Waals surface area contributed by atoms with Crippen LogP contribution in [0.1, 0.15) is 79.3 Å². The highest BCUT2D eigenvalue weighted by atomic mass is 16.5. The molecule has 0 heterocycles. The fourth-order valence-electron chi connectivity index (χ4n) is 7.00. The average Bonchev–Trinajstić information content (AvgIpc) is 2.64. The van der Waals surface area contributed by atoms with Gasteiger partial charge in [-0.3, -0.25) is 9.59 Å². The zero-order valence-corrected chi connectivity index (χ0v) is 16.2. The second kappa shape index (κ2) is 6.76. The quantitative estimate of drug-likeness (QED) is 0.550. The number of benzene rings is 1. The maximum Gasteiger partial charge on any atom is 0.306 e. The van der Waals surface area contributed by atoms with Crippen molar-refractivity contribution in [1.29, 1.82) is 0 Å². The predicted octanol–water partition coefficient (Wildman–Crippen LogP) is 4.90. The van der Waals surface area contributed by atoms with Crippen LogP contribution in [0.4, 0.5) is 0 Å². The first-order chi connectivity index (χ1) is 13.1. The van der Waals surface area contributed by atoms with E-state index in [2.05, 4.69) is 6.07 Å². The molecule has 6 rings (SSSR count). The first-order valence-electron chi connectivity index (χ1n) is 10.9. The minimum atomic E-state index is -0.164. The van der Waals surface area contributed by atoms with Crippen LogP contribution in [0.3, 0.4) is 0 Å². The van der Waals surface area contributed by atoms with E-state index in [1.165, 1.54) is 62.5 Å². The Bertz CT molecular complexity index is 728. The van der Waals surface area contributed by atoms with Crippen LogP contribution < -0.4 is 0 Å². The van der Waals surface area contributed by atoms with Gasteiger partial charge in [-0.25, -0.2) is 0 Å². The molecule has 4 fully saturated rings. The SMILES string of the molecule is O=C(CC12CC3CC(CC(C3)C1)C2)OCC(=O)c1ccc2c(c1)CCCC2. The van der Waals surface area contributed by atoms with E-state index in [-0.39, 0.29) is 23.8 Å². The van der Waals surface area contributed by atoms with Crippen molar-refractivity contribution in [3.63, 3.8) is 0 Å². The summed E-state index contributed by atoms with van der Waals surface area (Å²) in [5, 5.41) is 0. The van der Waals surface area contributed by atoms with Crippen LogP contribution >= 0.6 is 0 Å². The van der Waals surface area contributed by atoms with Gasteiger partial charge in [-0.05, 0) is 105 Å². The summed E-state index contributed by atoms with van der Waals surface area (Å²) in [5.74, 6) is 2.27. The Morgan fingerprint density at radius 2 is 1.56 bits per heavy atom. The largest absolute Gasteiger partial charge is 0.457 e. The number of Topliss-reactive ketones (excluding diaryl/α,β-unsaturated/α-hetero) is 1. The molecule has 0 spiro atoms. The molecule has 0 N–H and O–H groups in total.